The first-order valence-corrected chi connectivity index (χ1v) is 11.1. The van der Waals surface area contributed by atoms with E-state index in [4.69, 9.17) is 14.9 Å². The van der Waals surface area contributed by atoms with Crippen LogP contribution in [0.4, 0.5) is 4.39 Å². The molecule has 0 fully saturated rings. The fourth-order valence-electron chi connectivity index (χ4n) is 2.94. The number of carbonyl (C=O) groups excluding carboxylic acids is 2. The third kappa shape index (κ3) is 4.04. The zero-order valence-electron chi connectivity index (χ0n) is 16.8. The number of nitrogens with zero attached hydrogens (tertiary/aromatic N) is 3. The minimum absolute atomic E-state index is 0.0351. The number of esters is 1. The molecule has 2 aromatic rings. The van der Waals surface area contributed by atoms with Crippen molar-refractivity contribution in [3.8, 4) is 11.5 Å². The van der Waals surface area contributed by atoms with Crippen LogP contribution in [0, 0.1) is 11.2 Å². The third-order valence-corrected chi connectivity index (χ3v) is 5.93. The molecule has 11 heteroatoms. The summed E-state index contributed by atoms with van der Waals surface area (Å²) in [6, 6.07) is 10.1. The van der Waals surface area contributed by atoms with E-state index in [2.05, 4.69) is 9.39 Å². The largest absolute Gasteiger partial charge is 0.493 e. The zero-order chi connectivity index (χ0) is 22.8. The molecule has 2 heterocycles. The second kappa shape index (κ2) is 8.97. The highest BCUT2D eigenvalue weighted by molar-refractivity contribution is 8.18. The molecule has 0 aromatic heterocycles. The first-order chi connectivity index (χ1) is 15.4. The average molecular weight is 471 g/mol. The number of hydrogen-bond acceptors (Lipinski definition) is 8. The van der Waals surface area contributed by atoms with Crippen LogP contribution in [0.1, 0.15) is 15.9 Å². The van der Waals surface area contributed by atoms with Gasteiger partial charge in [-0.05, 0) is 42.2 Å². The van der Waals surface area contributed by atoms with Gasteiger partial charge in [0.15, 0.2) is 16.7 Å². The van der Waals surface area contributed by atoms with Gasteiger partial charge in [-0.25, -0.2) is 14.1 Å². The van der Waals surface area contributed by atoms with E-state index in [0.29, 0.717) is 15.9 Å². The minimum atomic E-state index is -0.867. The Balaban J connectivity index is 1.62. The molecule has 0 radical (unpaired) electrons. The summed E-state index contributed by atoms with van der Waals surface area (Å²) in [5.74, 6) is -1.87. The number of halogens is 1. The predicted octanol–water partition coefficient (Wildman–Crippen LogP) is 3.99. The summed E-state index contributed by atoms with van der Waals surface area (Å²) in [7, 11) is 1.39. The quantitative estimate of drug-likeness (QED) is 0.312. The molecule has 0 saturated heterocycles. The van der Waals surface area contributed by atoms with Crippen molar-refractivity contribution in [3.05, 3.63) is 65.0 Å². The summed E-state index contributed by atoms with van der Waals surface area (Å²) in [4.78, 5) is 30.3. The molecule has 32 heavy (non-hydrogen) atoms. The number of amides is 1. The lowest BCUT2D eigenvalue weighted by Gasteiger charge is -2.23. The number of rotatable bonds is 4. The van der Waals surface area contributed by atoms with Gasteiger partial charge in [-0.15, -0.1) is 0 Å². The highest BCUT2D eigenvalue weighted by Crippen LogP contribution is 2.33. The Bertz CT molecular complexity index is 1240. The van der Waals surface area contributed by atoms with Crippen LogP contribution < -0.4 is 9.47 Å². The standard InChI is InChI=1S/C21H15FN4O4S2/c1-29-16-10-11(7-8-15(16)30-19(28)12-5-3-4-6-14(12)22)9-13-17(23)26-20(24-18(13)27)32-25-21(26)31-2/h3-10,23H,1-2H3/b13-9-,23-17?. The lowest BCUT2D eigenvalue weighted by molar-refractivity contribution is -0.114. The van der Waals surface area contributed by atoms with Crippen LogP contribution in [0.15, 0.2) is 57.4 Å². The van der Waals surface area contributed by atoms with Crippen molar-refractivity contribution in [3.63, 3.8) is 0 Å². The van der Waals surface area contributed by atoms with Crippen molar-refractivity contribution >= 4 is 57.8 Å². The van der Waals surface area contributed by atoms with E-state index in [1.165, 1.54) is 60.2 Å². The summed E-state index contributed by atoms with van der Waals surface area (Å²) in [5.41, 5.74) is 0.398. The molecule has 0 aliphatic carbocycles. The van der Waals surface area contributed by atoms with Crippen molar-refractivity contribution in [2.75, 3.05) is 13.4 Å². The van der Waals surface area contributed by atoms with Gasteiger partial charge in [0.25, 0.3) is 5.91 Å². The second-order valence-corrected chi connectivity index (χ2v) is 7.89. The number of methoxy groups -OCH3 is 1. The zero-order valence-corrected chi connectivity index (χ0v) is 18.4. The number of ether oxygens (including phenoxy) is 2. The molecule has 2 aliphatic rings. The van der Waals surface area contributed by atoms with Gasteiger partial charge in [0.05, 0.1) is 30.2 Å². The van der Waals surface area contributed by atoms with E-state index in [0.717, 1.165) is 11.9 Å². The van der Waals surface area contributed by atoms with E-state index >= 15 is 0 Å². The Kier molecular flexibility index (Phi) is 6.10. The number of carbonyl (C=O) groups is 2. The van der Waals surface area contributed by atoms with Crippen LogP contribution in [0.5, 0.6) is 11.5 Å². The first-order valence-electron chi connectivity index (χ1n) is 9.10. The summed E-state index contributed by atoms with van der Waals surface area (Å²) in [6.07, 6.45) is 3.32. The van der Waals surface area contributed by atoms with Crippen molar-refractivity contribution in [2.45, 2.75) is 0 Å². The summed E-state index contributed by atoms with van der Waals surface area (Å²) < 4.78 is 28.6. The Morgan fingerprint density at radius 3 is 2.75 bits per heavy atom. The topological polar surface area (TPSA) is 104 Å². The highest BCUT2D eigenvalue weighted by atomic mass is 32.2. The molecule has 162 valence electrons. The van der Waals surface area contributed by atoms with Crippen LogP contribution in [-0.4, -0.2) is 46.3 Å². The number of benzene rings is 2. The number of amidine groups is 3. The van der Waals surface area contributed by atoms with Crippen LogP contribution in [0.25, 0.3) is 6.08 Å². The normalized spacial score (nSPS) is 16.6. The summed E-state index contributed by atoms with van der Waals surface area (Å²) in [6.45, 7) is 0. The van der Waals surface area contributed by atoms with Crippen LogP contribution in [0.2, 0.25) is 0 Å². The van der Waals surface area contributed by atoms with Gasteiger partial charge in [-0.3, -0.25) is 10.2 Å². The molecule has 2 aromatic carbocycles. The van der Waals surface area contributed by atoms with E-state index < -0.39 is 17.7 Å². The lowest BCUT2D eigenvalue weighted by Crippen LogP contribution is -2.41. The molecule has 0 unspecified atom stereocenters. The van der Waals surface area contributed by atoms with Crippen LogP contribution in [-0.2, 0) is 4.79 Å². The number of hydrogen-bond donors (Lipinski definition) is 1. The van der Waals surface area contributed by atoms with E-state index in [9.17, 15) is 14.0 Å². The van der Waals surface area contributed by atoms with E-state index in [1.54, 1.807) is 12.1 Å². The molecular weight excluding hydrogens is 455 g/mol. The van der Waals surface area contributed by atoms with Crippen molar-refractivity contribution in [1.82, 2.24) is 4.90 Å². The number of nitrogens with one attached hydrogen (secondary N) is 1. The molecule has 0 atom stereocenters. The lowest BCUT2D eigenvalue weighted by atomic mass is 10.1. The number of fused-ring (bicyclic) bond motifs is 1. The Labute approximate surface area is 190 Å². The fraction of sp³-hybridized carbons (Fsp3) is 0.0952. The molecule has 8 nitrogen and oxygen atoms in total. The first kappa shape index (κ1) is 21.8. The van der Waals surface area contributed by atoms with E-state index in [1.807, 2.05) is 6.26 Å². The van der Waals surface area contributed by atoms with Crippen molar-refractivity contribution < 1.29 is 23.5 Å². The maximum Gasteiger partial charge on any atom is 0.346 e. The van der Waals surface area contributed by atoms with Crippen LogP contribution in [0.3, 0.4) is 0 Å². The smallest absolute Gasteiger partial charge is 0.346 e. The van der Waals surface area contributed by atoms with Gasteiger partial charge in [0, 0.05) is 0 Å². The molecule has 4 rings (SSSR count). The number of thioether (sulfide) groups is 1. The average Bonchev–Trinajstić information content (AvgIpc) is 3.20. The Morgan fingerprint density at radius 2 is 2.03 bits per heavy atom. The van der Waals surface area contributed by atoms with Crippen LogP contribution >= 0.6 is 23.7 Å². The summed E-state index contributed by atoms with van der Waals surface area (Å²) in [5, 5.41) is 9.35. The molecule has 1 amide bonds. The maximum absolute atomic E-state index is 13.9. The Hall–Kier alpha value is -3.44. The SMILES string of the molecule is COc1cc(/C=C2/C(=N)N3C(SC)=NSC3=NC2=O)ccc1OC(=O)c1ccccc1F. The Morgan fingerprint density at radius 1 is 1.25 bits per heavy atom. The van der Waals surface area contributed by atoms with Crippen molar-refractivity contribution in [1.29, 1.82) is 5.41 Å². The molecule has 2 aliphatic heterocycles. The van der Waals surface area contributed by atoms with Crippen molar-refractivity contribution in [2.24, 2.45) is 9.39 Å². The maximum atomic E-state index is 13.9. The molecule has 0 saturated carbocycles. The summed E-state index contributed by atoms with van der Waals surface area (Å²) >= 11 is 2.39. The van der Waals surface area contributed by atoms with Gasteiger partial charge < -0.3 is 9.47 Å². The molecule has 0 bridgehead atoms. The monoisotopic (exact) mass is 470 g/mol. The van der Waals surface area contributed by atoms with E-state index in [-0.39, 0.29) is 28.5 Å². The van der Waals surface area contributed by atoms with Gasteiger partial charge >= 0.3 is 5.97 Å². The number of aliphatic imine (C=N–C) groups is 1. The minimum Gasteiger partial charge on any atom is -0.493 e. The second-order valence-electron chi connectivity index (χ2n) is 6.39. The molecular formula is C21H15FN4O4S2. The molecule has 1 N–H and O–H groups in total. The van der Waals surface area contributed by atoms with Gasteiger partial charge in [-0.1, -0.05) is 30.0 Å². The fourth-order valence-corrected chi connectivity index (χ4v) is 4.39. The van der Waals surface area contributed by atoms with Gasteiger partial charge in [-0.2, -0.15) is 9.39 Å². The van der Waals surface area contributed by atoms with Gasteiger partial charge in [0.1, 0.15) is 11.7 Å². The predicted molar refractivity (Wildman–Crippen MR) is 123 cm³/mol. The third-order valence-electron chi connectivity index (χ3n) is 4.47. The van der Waals surface area contributed by atoms with Gasteiger partial charge in [0.2, 0.25) is 5.17 Å². The molecule has 0 spiro atoms. The highest BCUT2D eigenvalue weighted by Gasteiger charge is 2.37.